The van der Waals surface area contributed by atoms with E-state index in [1.54, 1.807) is 0 Å². The summed E-state index contributed by atoms with van der Waals surface area (Å²) in [5.41, 5.74) is 0. The summed E-state index contributed by atoms with van der Waals surface area (Å²) < 4.78 is 72.4. The van der Waals surface area contributed by atoms with Crippen LogP contribution in [0.2, 0.25) is 0 Å². The lowest BCUT2D eigenvalue weighted by Gasteiger charge is -2.37. The molecule has 4 N–H and O–H groups in total. The molecule has 134 valence electrons. The average Bonchev–Trinajstić information content (AvgIpc) is 2.33. The Hall–Kier alpha value is -1.36. The summed E-state index contributed by atoms with van der Waals surface area (Å²) in [6.07, 6.45) is -5.87. The van der Waals surface area contributed by atoms with Crippen LogP contribution in [0.4, 0.5) is 0 Å². The van der Waals surface area contributed by atoms with E-state index in [1.807, 2.05) is 5.32 Å². The van der Waals surface area contributed by atoms with Gasteiger partial charge in [0.2, 0.25) is 5.91 Å². The van der Waals surface area contributed by atoms with Gasteiger partial charge in [-0.2, -0.15) is 16.8 Å². The van der Waals surface area contributed by atoms with Crippen LogP contribution in [0.25, 0.3) is 0 Å². The summed E-state index contributed by atoms with van der Waals surface area (Å²) >= 11 is 0. The second-order valence-electron chi connectivity index (χ2n) is 4.34. The predicted molar refractivity (Wildman–Crippen MR) is 67.4 cm³/mol. The van der Waals surface area contributed by atoms with Crippen molar-refractivity contribution in [1.29, 1.82) is 0 Å². The van der Waals surface area contributed by atoms with Crippen LogP contribution in [-0.4, -0.2) is 73.9 Å². The Morgan fingerprint density at radius 2 is 1.83 bits per heavy atom. The number of hydrogen-bond acceptors (Lipinski definition) is 10. The number of carbonyl (C=O) groups excluding carboxylic acids is 2. The molecule has 1 amide bonds. The van der Waals surface area contributed by atoms with Gasteiger partial charge in [-0.25, -0.2) is 13.2 Å². The Bertz CT molecular complexity index is 669. The summed E-state index contributed by atoms with van der Waals surface area (Å²) in [6, 6.07) is -1.73. The molecule has 0 aromatic heterocycles. The summed E-state index contributed by atoms with van der Waals surface area (Å²) in [5, 5.41) is 11.9. The molecule has 0 spiro atoms. The summed E-state index contributed by atoms with van der Waals surface area (Å²) in [6.45, 7) is -0.124. The fraction of sp³-hybridized carbons (Fsp3) is 0.750. The van der Waals surface area contributed by atoms with Crippen molar-refractivity contribution in [1.82, 2.24) is 5.32 Å². The van der Waals surface area contributed by atoms with E-state index < -0.39 is 63.6 Å². The van der Waals surface area contributed by atoms with E-state index in [9.17, 15) is 31.5 Å². The van der Waals surface area contributed by atoms with Crippen LogP contribution >= 0.6 is 0 Å². The second kappa shape index (κ2) is 7.04. The highest BCUT2D eigenvalue weighted by Gasteiger charge is 2.49. The van der Waals surface area contributed by atoms with Gasteiger partial charge >= 0.3 is 26.8 Å². The van der Waals surface area contributed by atoms with Crippen LogP contribution in [0.15, 0.2) is 0 Å². The Morgan fingerprint density at radius 3 is 2.26 bits per heavy atom. The van der Waals surface area contributed by atoms with Crippen LogP contribution in [0.3, 0.4) is 0 Å². The summed E-state index contributed by atoms with van der Waals surface area (Å²) in [4.78, 5) is 22.6. The number of ether oxygens (including phenoxy) is 1. The molecule has 1 saturated heterocycles. The smallest absolute Gasteiger partial charge is 0.397 e. The van der Waals surface area contributed by atoms with Gasteiger partial charge in [-0.15, -0.1) is 0 Å². The van der Waals surface area contributed by atoms with E-state index in [2.05, 4.69) is 13.1 Å². The number of amides is 1. The van der Waals surface area contributed by atoms with Gasteiger partial charge in [0, 0.05) is 6.92 Å². The van der Waals surface area contributed by atoms with E-state index in [1.165, 1.54) is 0 Å². The molecule has 23 heavy (non-hydrogen) atoms. The van der Waals surface area contributed by atoms with Gasteiger partial charge in [-0.1, -0.05) is 0 Å². The highest BCUT2D eigenvalue weighted by molar-refractivity contribution is 7.81. The van der Waals surface area contributed by atoms with Crippen molar-refractivity contribution in [2.75, 3.05) is 6.61 Å². The number of aliphatic hydroxyl groups excluding tert-OH is 1. The standard InChI is InChI=1S/C8H13NO12S2/c1-3(10)9-5-6(11)7(21-23(16,17)18)4(20-8(5)12)2-19-22(13,14)15/h4-7,11H,2H2,1H3,(H,9,10)(H,13,14,15)(H,16,17,18)/t4-,5-,6-,7+/m1/s1. The lowest BCUT2D eigenvalue weighted by atomic mass is 9.98. The minimum absolute atomic E-state index is 0.774. The van der Waals surface area contributed by atoms with Crippen molar-refractivity contribution in [3.63, 3.8) is 0 Å². The molecule has 0 aromatic carbocycles. The van der Waals surface area contributed by atoms with Gasteiger partial charge in [-0.3, -0.25) is 13.9 Å². The third-order valence-electron chi connectivity index (χ3n) is 2.54. The maximum absolute atomic E-state index is 11.7. The summed E-state index contributed by atoms with van der Waals surface area (Å²) in [5.74, 6) is -2.02. The molecule has 0 aromatic rings. The zero-order valence-corrected chi connectivity index (χ0v) is 13.0. The van der Waals surface area contributed by atoms with Crippen molar-refractivity contribution >= 4 is 32.7 Å². The maximum atomic E-state index is 11.7. The van der Waals surface area contributed by atoms with Gasteiger partial charge in [-0.05, 0) is 0 Å². The fourth-order valence-electron chi connectivity index (χ4n) is 1.74. The van der Waals surface area contributed by atoms with Gasteiger partial charge in [0.15, 0.2) is 12.1 Å². The van der Waals surface area contributed by atoms with E-state index in [4.69, 9.17) is 9.11 Å². The van der Waals surface area contributed by atoms with Crippen molar-refractivity contribution < 1.29 is 53.7 Å². The largest absolute Gasteiger partial charge is 0.455 e. The number of nitrogens with one attached hydrogen (secondary N) is 1. The molecule has 0 bridgehead atoms. The quantitative estimate of drug-likeness (QED) is 0.266. The molecule has 0 saturated carbocycles. The minimum Gasteiger partial charge on any atom is -0.455 e. The molecule has 0 radical (unpaired) electrons. The Morgan fingerprint density at radius 1 is 1.26 bits per heavy atom. The molecule has 0 aliphatic carbocycles. The molecular formula is C8H13NO12S2. The SMILES string of the molecule is CC(=O)N[C@H]1C(=O)O[C@H](COS(=O)(=O)O)[C@H](OS(=O)(=O)O)[C@@H]1O. The van der Waals surface area contributed by atoms with E-state index in [-0.39, 0.29) is 0 Å². The van der Waals surface area contributed by atoms with Gasteiger partial charge < -0.3 is 15.2 Å². The van der Waals surface area contributed by atoms with Gasteiger partial charge in [0.05, 0.1) is 0 Å². The third-order valence-corrected chi connectivity index (χ3v) is 3.44. The van der Waals surface area contributed by atoms with Crippen LogP contribution in [0.1, 0.15) is 6.92 Å². The normalized spacial score (nSPS) is 29.0. The van der Waals surface area contributed by atoms with Crippen LogP contribution < -0.4 is 5.32 Å². The number of rotatable bonds is 6. The molecule has 1 rings (SSSR count). The highest BCUT2D eigenvalue weighted by Crippen LogP contribution is 2.22. The fourth-order valence-corrected chi connectivity index (χ4v) is 2.57. The minimum atomic E-state index is -5.14. The lowest BCUT2D eigenvalue weighted by molar-refractivity contribution is -0.185. The first kappa shape index (κ1) is 19.7. The number of aliphatic hydroxyl groups is 1. The monoisotopic (exact) mass is 379 g/mol. The van der Waals surface area contributed by atoms with Crippen LogP contribution in [-0.2, 0) is 43.5 Å². The molecule has 1 heterocycles. The van der Waals surface area contributed by atoms with E-state index in [0.29, 0.717) is 0 Å². The van der Waals surface area contributed by atoms with Gasteiger partial charge in [0.25, 0.3) is 0 Å². The van der Waals surface area contributed by atoms with Crippen LogP contribution in [0.5, 0.6) is 0 Å². The first-order chi connectivity index (χ1) is 10.3. The molecule has 15 heteroatoms. The first-order valence-corrected chi connectivity index (χ1v) is 8.46. The number of carbonyl (C=O) groups is 2. The second-order valence-corrected chi connectivity index (χ2v) is 6.48. The molecule has 1 fully saturated rings. The first-order valence-electron chi connectivity index (χ1n) is 5.73. The highest BCUT2D eigenvalue weighted by atomic mass is 32.3. The maximum Gasteiger partial charge on any atom is 0.397 e. The van der Waals surface area contributed by atoms with E-state index >= 15 is 0 Å². The number of esters is 1. The third kappa shape index (κ3) is 6.34. The van der Waals surface area contributed by atoms with Gasteiger partial charge in [0.1, 0.15) is 18.8 Å². The summed E-state index contributed by atoms with van der Waals surface area (Å²) in [7, 11) is -10.1. The Labute approximate surface area is 130 Å². The predicted octanol–water partition coefficient (Wildman–Crippen LogP) is -3.22. The average molecular weight is 379 g/mol. The van der Waals surface area contributed by atoms with Crippen molar-refractivity contribution in [2.24, 2.45) is 0 Å². The topological polar surface area (TPSA) is 203 Å². The number of hydrogen-bond donors (Lipinski definition) is 4. The number of cyclic esters (lactones) is 1. The zero-order valence-electron chi connectivity index (χ0n) is 11.3. The Kier molecular flexibility index (Phi) is 6.02. The van der Waals surface area contributed by atoms with E-state index in [0.717, 1.165) is 6.92 Å². The van der Waals surface area contributed by atoms with Crippen molar-refractivity contribution in [3.8, 4) is 0 Å². The molecule has 13 nitrogen and oxygen atoms in total. The Balaban J connectivity index is 3.04. The van der Waals surface area contributed by atoms with Crippen LogP contribution in [0, 0.1) is 0 Å². The molecular weight excluding hydrogens is 366 g/mol. The zero-order chi connectivity index (χ0) is 18.0. The van der Waals surface area contributed by atoms with Crippen molar-refractivity contribution in [3.05, 3.63) is 0 Å². The lowest BCUT2D eigenvalue weighted by Crippen LogP contribution is -2.63. The molecule has 4 atom stereocenters. The van der Waals surface area contributed by atoms with Crippen molar-refractivity contribution in [2.45, 2.75) is 31.3 Å². The molecule has 1 aliphatic heterocycles. The molecule has 0 unspecified atom stereocenters. The molecule has 1 aliphatic rings.